The molecule has 0 aromatic carbocycles. The summed E-state index contributed by atoms with van der Waals surface area (Å²) in [4.78, 5) is 0. The molecule has 0 saturated carbocycles. The van der Waals surface area contributed by atoms with E-state index >= 15 is 0 Å². The fourth-order valence-corrected chi connectivity index (χ4v) is 1.28. The zero-order valence-corrected chi connectivity index (χ0v) is 10.6. The molecule has 0 atom stereocenters. The van der Waals surface area contributed by atoms with Crippen LogP contribution in [0, 0.1) is 0 Å². The van der Waals surface area contributed by atoms with Crippen LogP contribution < -0.4 is 0 Å². The monoisotopic (exact) mass is 364 g/mol. The average Bonchev–Trinajstić information content (AvgIpc) is 2.11. The predicted molar refractivity (Wildman–Crippen MR) is 50.2 cm³/mol. The van der Waals surface area contributed by atoms with Gasteiger partial charge in [0.05, 0.1) is 0 Å². The van der Waals surface area contributed by atoms with E-state index in [0.717, 1.165) is 0 Å². The number of hydrogen-bond donors (Lipinski definition) is 0. The van der Waals surface area contributed by atoms with Gasteiger partial charge in [-0.05, 0) is 23.2 Å². The first-order chi connectivity index (χ1) is 7.57. The second-order valence-electron chi connectivity index (χ2n) is 2.77. The molecule has 0 bridgehead atoms. The minimum Gasteiger partial charge on any atom is -0.192 e. The first kappa shape index (κ1) is 18.3. The molecule has 0 N–H and O–H groups in total. The fourth-order valence-electron chi connectivity index (χ4n) is 0.525. The van der Waals surface area contributed by atoms with Crippen molar-refractivity contribution >= 4 is 46.4 Å². The summed E-state index contributed by atoms with van der Waals surface area (Å²) in [6.07, 6.45) is 0. The summed E-state index contributed by atoms with van der Waals surface area (Å²) in [5.74, 6) is -11.2. The maximum atomic E-state index is 12.7. The molecule has 108 valence electrons. The third-order valence-corrected chi connectivity index (χ3v) is 2.88. The van der Waals surface area contributed by atoms with Crippen LogP contribution in [0.2, 0.25) is 0 Å². The molecule has 0 aromatic heterocycles. The Morgan fingerprint density at radius 1 is 0.556 bits per heavy atom. The third kappa shape index (κ3) is 3.26. The highest BCUT2D eigenvalue weighted by Gasteiger charge is 2.64. The smallest absolute Gasteiger partial charge is 0.192 e. The van der Waals surface area contributed by atoms with Crippen molar-refractivity contribution in [2.45, 2.75) is 22.6 Å². The zero-order valence-electron chi connectivity index (χ0n) is 7.54. The lowest BCUT2D eigenvalue weighted by molar-refractivity contribution is -0.139. The Morgan fingerprint density at radius 3 is 0.833 bits per heavy atom. The molecule has 12 heteroatoms. The normalized spacial score (nSPS) is 16.7. The second-order valence-corrected chi connectivity index (χ2v) is 4.48. The van der Waals surface area contributed by atoms with Gasteiger partial charge in [-0.2, -0.15) is 35.1 Å². The third-order valence-electron chi connectivity index (χ3n) is 1.46. The van der Waals surface area contributed by atoms with Crippen molar-refractivity contribution in [3.05, 3.63) is 10.1 Å². The summed E-state index contributed by atoms with van der Waals surface area (Å²) < 4.78 is 99.5. The first-order valence-electron chi connectivity index (χ1n) is 3.52. The van der Waals surface area contributed by atoms with Crippen LogP contribution in [-0.2, 0) is 0 Å². The summed E-state index contributed by atoms with van der Waals surface area (Å²) in [5.41, 5.74) is 0. The molecular weight excluding hydrogens is 366 g/mol. The van der Waals surface area contributed by atoms with Crippen LogP contribution in [0.25, 0.3) is 0 Å². The van der Waals surface area contributed by atoms with Gasteiger partial charge in [0.15, 0.2) is 0 Å². The lowest BCUT2D eigenvalue weighted by atomic mass is 10.2. The Hall–Kier alpha value is 0.340. The molecule has 0 radical (unpaired) electrons. The molecule has 0 rings (SSSR count). The van der Waals surface area contributed by atoms with Crippen LogP contribution in [0.4, 0.5) is 35.1 Å². The Labute approximate surface area is 114 Å². The quantitative estimate of drug-likeness (QED) is 0.448. The summed E-state index contributed by atoms with van der Waals surface area (Å²) >= 11 is 16.7. The minimum absolute atomic E-state index is 2.74. The lowest BCUT2D eigenvalue weighted by Gasteiger charge is -2.25. The van der Waals surface area contributed by atoms with Gasteiger partial charge in [-0.3, -0.25) is 0 Å². The molecule has 0 nitrogen and oxygen atoms in total. The van der Waals surface area contributed by atoms with Gasteiger partial charge in [0.1, 0.15) is 10.1 Å². The van der Waals surface area contributed by atoms with Crippen molar-refractivity contribution in [3.8, 4) is 0 Å². The van der Waals surface area contributed by atoms with E-state index in [4.69, 9.17) is 0 Å². The van der Waals surface area contributed by atoms with E-state index < -0.39 is 32.7 Å². The number of alkyl halides is 10. The average molecular weight is 366 g/mol. The zero-order chi connectivity index (χ0) is 15.2. The van der Waals surface area contributed by atoms with Gasteiger partial charge in [-0.15, -0.1) is 0 Å². The van der Waals surface area contributed by atoms with Gasteiger partial charge in [-0.25, -0.2) is 0 Å². The molecular formula is C6Cl4F8. The van der Waals surface area contributed by atoms with E-state index in [9.17, 15) is 35.1 Å². The van der Waals surface area contributed by atoms with E-state index in [1.807, 2.05) is 0 Å². The maximum absolute atomic E-state index is 12.7. The minimum atomic E-state index is -5.58. The maximum Gasteiger partial charge on any atom is 0.389 e. The van der Waals surface area contributed by atoms with E-state index in [0.29, 0.717) is 0 Å². The summed E-state index contributed by atoms with van der Waals surface area (Å²) in [6.45, 7) is 0. The summed E-state index contributed by atoms with van der Waals surface area (Å²) in [7, 11) is 0. The highest BCUT2D eigenvalue weighted by atomic mass is 35.5. The van der Waals surface area contributed by atoms with E-state index in [-0.39, 0.29) is 0 Å². The molecule has 0 aliphatic carbocycles. The molecule has 18 heavy (non-hydrogen) atoms. The number of hydrogen-bond acceptors (Lipinski definition) is 0. The molecule has 0 spiro atoms. The topological polar surface area (TPSA) is 0 Å². The highest BCUT2D eigenvalue weighted by molar-refractivity contribution is 6.41. The van der Waals surface area contributed by atoms with Crippen molar-refractivity contribution in [1.82, 2.24) is 0 Å². The van der Waals surface area contributed by atoms with Crippen LogP contribution in [-0.4, -0.2) is 22.6 Å². The standard InChI is InChI=1S/C6Cl4F8/c7-1(3(11,12)5(9,15)16)2(8)4(13,14)6(10,17)18/b2-1+. The van der Waals surface area contributed by atoms with Crippen molar-refractivity contribution in [1.29, 1.82) is 0 Å². The van der Waals surface area contributed by atoms with E-state index in [1.165, 1.54) is 0 Å². The van der Waals surface area contributed by atoms with Crippen LogP contribution >= 0.6 is 46.4 Å². The predicted octanol–water partition coefficient (Wildman–Crippen LogP) is 5.61. The van der Waals surface area contributed by atoms with Gasteiger partial charge < -0.3 is 0 Å². The summed E-state index contributed by atoms with van der Waals surface area (Å²) in [6, 6.07) is 0. The molecule has 0 aromatic rings. The van der Waals surface area contributed by atoms with Crippen molar-refractivity contribution in [2.24, 2.45) is 0 Å². The van der Waals surface area contributed by atoms with Crippen LogP contribution in [0.1, 0.15) is 0 Å². The number of rotatable bonds is 4. The molecule has 0 saturated heterocycles. The molecule has 0 amide bonds. The van der Waals surface area contributed by atoms with Gasteiger partial charge >= 0.3 is 22.6 Å². The van der Waals surface area contributed by atoms with Crippen LogP contribution in [0.5, 0.6) is 0 Å². The first-order valence-corrected chi connectivity index (χ1v) is 5.03. The summed E-state index contributed by atoms with van der Waals surface area (Å²) in [5, 5.41) is -16.3. The molecule has 0 aliphatic rings. The number of halogens is 12. The largest absolute Gasteiger partial charge is 0.389 e. The molecule has 0 heterocycles. The van der Waals surface area contributed by atoms with Gasteiger partial charge in [0.2, 0.25) is 0 Å². The Bertz CT molecular complexity index is 318. The molecule has 0 fully saturated rings. The molecule has 0 unspecified atom stereocenters. The Balaban J connectivity index is 5.81. The van der Waals surface area contributed by atoms with Crippen LogP contribution in [0.3, 0.4) is 0 Å². The number of allylic oxidation sites excluding steroid dienone is 2. The SMILES string of the molecule is FC(F)(Cl)C(F)(F)/C(Cl)=C(\Cl)C(F)(F)C(F)(F)Cl. The Kier molecular flexibility index (Phi) is 5.12. The lowest BCUT2D eigenvalue weighted by Crippen LogP contribution is -2.41. The van der Waals surface area contributed by atoms with E-state index in [2.05, 4.69) is 46.4 Å². The van der Waals surface area contributed by atoms with Gasteiger partial charge in [0.25, 0.3) is 0 Å². The van der Waals surface area contributed by atoms with Crippen molar-refractivity contribution in [2.75, 3.05) is 0 Å². The van der Waals surface area contributed by atoms with Crippen LogP contribution in [0.15, 0.2) is 10.1 Å². The highest BCUT2D eigenvalue weighted by Crippen LogP contribution is 2.52. The van der Waals surface area contributed by atoms with Gasteiger partial charge in [-0.1, -0.05) is 23.2 Å². The van der Waals surface area contributed by atoms with E-state index in [1.54, 1.807) is 0 Å². The van der Waals surface area contributed by atoms with Crippen molar-refractivity contribution < 1.29 is 35.1 Å². The fraction of sp³-hybridized carbons (Fsp3) is 0.667. The Morgan fingerprint density at radius 2 is 0.722 bits per heavy atom. The second kappa shape index (κ2) is 5.03. The van der Waals surface area contributed by atoms with Gasteiger partial charge in [0, 0.05) is 0 Å². The van der Waals surface area contributed by atoms with Crippen molar-refractivity contribution in [3.63, 3.8) is 0 Å². The molecule has 0 aliphatic heterocycles.